The first-order valence-corrected chi connectivity index (χ1v) is 8.88. The number of carbonyl (C=O) groups excluding carboxylic acids is 1. The van der Waals surface area contributed by atoms with Crippen LogP contribution in [0.1, 0.15) is 41.9 Å². The number of anilines is 1. The van der Waals surface area contributed by atoms with Crippen molar-refractivity contribution >= 4 is 11.6 Å². The number of hydrogen-bond acceptors (Lipinski definition) is 4. The number of aromatic amines is 1. The highest BCUT2D eigenvalue weighted by Gasteiger charge is 2.19. The number of hydrogen-bond donors (Lipinski definition) is 2. The van der Waals surface area contributed by atoms with E-state index in [1.807, 2.05) is 43.3 Å². The van der Waals surface area contributed by atoms with Gasteiger partial charge in [-0.15, -0.1) is 0 Å². The minimum atomic E-state index is -0.293. The summed E-state index contributed by atoms with van der Waals surface area (Å²) in [7, 11) is 0. The number of furan rings is 1. The highest BCUT2D eigenvalue weighted by Crippen LogP contribution is 2.30. The van der Waals surface area contributed by atoms with Gasteiger partial charge in [-0.25, -0.2) is 0 Å². The quantitative estimate of drug-likeness (QED) is 0.706. The number of amides is 1. The number of carbonyl (C=O) groups is 1. The van der Waals surface area contributed by atoms with Crippen LogP contribution in [0.3, 0.4) is 0 Å². The van der Waals surface area contributed by atoms with Gasteiger partial charge in [0.1, 0.15) is 17.2 Å². The molecule has 0 aliphatic heterocycles. The van der Waals surface area contributed by atoms with Crippen LogP contribution in [0.15, 0.2) is 46.9 Å². The third-order valence-corrected chi connectivity index (χ3v) is 4.55. The fraction of sp³-hybridized carbons (Fsp3) is 0.300. The number of para-hydroxylation sites is 2. The zero-order valence-corrected chi connectivity index (χ0v) is 14.6. The summed E-state index contributed by atoms with van der Waals surface area (Å²) in [5, 5.41) is 9.83. The molecule has 1 aliphatic rings. The normalized spacial score (nSPS) is 14.5. The second-order valence-corrected chi connectivity index (χ2v) is 6.55. The van der Waals surface area contributed by atoms with Gasteiger partial charge in [-0.3, -0.25) is 9.89 Å². The zero-order valence-electron chi connectivity index (χ0n) is 14.6. The largest absolute Gasteiger partial charge is 0.488 e. The number of aryl methyl sites for hydroxylation is 1. The fourth-order valence-corrected chi connectivity index (χ4v) is 3.19. The number of aromatic nitrogens is 2. The zero-order chi connectivity index (χ0) is 17.9. The Morgan fingerprint density at radius 2 is 2.04 bits per heavy atom. The molecule has 1 fully saturated rings. The number of H-pyrrole nitrogens is 1. The second-order valence-electron chi connectivity index (χ2n) is 6.55. The first-order valence-electron chi connectivity index (χ1n) is 8.88. The van der Waals surface area contributed by atoms with E-state index in [4.69, 9.17) is 9.15 Å². The van der Waals surface area contributed by atoms with Gasteiger partial charge in [-0.2, -0.15) is 5.10 Å². The lowest BCUT2D eigenvalue weighted by atomic mass is 10.2. The maximum Gasteiger partial charge on any atom is 0.276 e. The summed E-state index contributed by atoms with van der Waals surface area (Å²) in [6.07, 6.45) is 4.75. The van der Waals surface area contributed by atoms with E-state index in [0.717, 1.165) is 18.6 Å². The van der Waals surface area contributed by atoms with Crippen LogP contribution in [0.25, 0.3) is 11.5 Å². The minimum Gasteiger partial charge on any atom is -0.488 e. The maximum absolute atomic E-state index is 12.6. The van der Waals surface area contributed by atoms with Crippen molar-refractivity contribution < 1.29 is 13.9 Å². The fourth-order valence-electron chi connectivity index (χ4n) is 3.19. The van der Waals surface area contributed by atoms with E-state index in [1.165, 1.54) is 12.8 Å². The second kappa shape index (κ2) is 7.07. The van der Waals surface area contributed by atoms with Crippen molar-refractivity contribution in [2.75, 3.05) is 5.32 Å². The molecule has 1 aliphatic carbocycles. The van der Waals surface area contributed by atoms with E-state index in [0.29, 0.717) is 28.6 Å². The van der Waals surface area contributed by atoms with Crippen molar-refractivity contribution in [2.24, 2.45) is 0 Å². The van der Waals surface area contributed by atoms with Gasteiger partial charge < -0.3 is 14.5 Å². The van der Waals surface area contributed by atoms with E-state index in [-0.39, 0.29) is 12.0 Å². The Morgan fingerprint density at radius 3 is 2.81 bits per heavy atom. The molecule has 0 bridgehead atoms. The average Bonchev–Trinajstić information content (AvgIpc) is 3.37. The average molecular weight is 351 g/mol. The Hall–Kier alpha value is -3.02. The third-order valence-electron chi connectivity index (χ3n) is 4.55. The molecule has 2 heterocycles. The summed E-state index contributed by atoms with van der Waals surface area (Å²) in [5.41, 5.74) is 1.62. The van der Waals surface area contributed by atoms with Crippen LogP contribution in [-0.4, -0.2) is 22.2 Å². The SMILES string of the molecule is Cc1ccc(-c2cc(C(=O)Nc3ccccc3OC3CCCC3)n[nH]2)o1. The predicted octanol–water partition coefficient (Wildman–Crippen LogP) is 4.55. The topological polar surface area (TPSA) is 80.1 Å². The summed E-state index contributed by atoms with van der Waals surface area (Å²) in [6.45, 7) is 1.87. The van der Waals surface area contributed by atoms with Gasteiger partial charge in [0.2, 0.25) is 0 Å². The van der Waals surface area contributed by atoms with E-state index in [9.17, 15) is 4.79 Å². The van der Waals surface area contributed by atoms with Crippen molar-refractivity contribution in [3.8, 4) is 17.2 Å². The molecule has 0 spiro atoms. The van der Waals surface area contributed by atoms with E-state index in [1.54, 1.807) is 6.07 Å². The molecule has 1 saturated carbocycles. The van der Waals surface area contributed by atoms with E-state index >= 15 is 0 Å². The number of nitrogens with zero attached hydrogens (tertiary/aromatic N) is 1. The molecule has 0 atom stereocenters. The number of nitrogens with one attached hydrogen (secondary N) is 2. The Labute approximate surface area is 151 Å². The van der Waals surface area contributed by atoms with Crippen LogP contribution in [0, 0.1) is 6.92 Å². The van der Waals surface area contributed by atoms with Gasteiger partial charge in [0, 0.05) is 6.07 Å². The van der Waals surface area contributed by atoms with Crippen LogP contribution >= 0.6 is 0 Å². The van der Waals surface area contributed by atoms with Crippen LogP contribution in [-0.2, 0) is 0 Å². The first-order chi connectivity index (χ1) is 12.7. The van der Waals surface area contributed by atoms with Crippen LogP contribution in [0.2, 0.25) is 0 Å². The molecule has 0 unspecified atom stereocenters. The monoisotopic (exact) mass is 351 g/mol. The van der Waals surface area contributed by atoms with Gasteiger partial charge in [0.05, 0.1) is 11.8 Å². The highest BCUT2D eigenvalue weighted by molar-refractivity contribution is 6.04. The summed E-state index contributed by atoms with van der Waals surface area (Å²) in [5.74, 6) is 1.86. The van der Waals surface area contributed by atoms with Crippen molar-refractivity contribution in [1.82, 2.24) is 10.2 Å². The smallest absolute Gasteiger partial charge is 0.276 e. The Kier molecular flexibility index (Phi) is 4.48. The Balaban J connectivity index is 1.49. The summed E-state index contributed by atoms with van der Waals surface area (Å²) in [6, 6.07) is 12.9. The molecule has 1 aromatic carbocycles. The molecule has 3 aromatic rings. The molecule has 2 N–H and O–H groups in total. The summed E-state index contributed by atoms with van der Waals surface area (Å²) < 4.78 is 11.6. The van der Waals surface area contributed by atoms with Crippen molar-refractivity contribution in [3.63, 3.8) is 0 Å². The van der Waals surface area contributed by atoms with Crippen molar-refractivity contribution in [2.45, 2.75) is 38.7 Å². The van der Waals surface area contributed by atoms with Gasteiger partial charge in [-0.05, 0) is 56.9 Å². The van der Waals surface area contributed by atoms with Gasteiger partial charge >= 0.3 is 0 Å². The molecular weight excluding hydrogens is 330 g/mol. The molecule has 2 aromatic heterocycles. The predicted molar refractivity (Wildman–Crippen MR) is 98.3 cm³/mol. The van der Waals surface area contributed by atoms with Gasteiger partial charge in [0.15, 0.2) is 11.5 Å². The Morgan fingerprint density at radius 1 is 1.23 bits per heavy atom. The van der Waals surface area contributed by atoms with E-state index in [2.05, 4.69) is 15.5 Å². The molecule has 26 heavy (non-hydrogen) atoms. The maximum atomic E-state index is 12.6. The lowest BCUT2D eigenvalue weighted by Crippen LogP contribution is -2.16. The van der Waals surface area contributed by atoms with Crippen LogP contribution in [0.4, 0.5) is 5.69 Å². The molecule has 0 radical (unpaired) electrons. The molecule has 1 amide bonds. The Bertz CT molecular complexity index is 906. The lowest BCUT2D eigenvalue weighted by molar-refractivity contribution is 0.102. The minimum absolute atomic E-state index is 0.229. The highest BCUT2D eigenvalue weighted by atomic mass is 16.5. The van der Waals surface area contributed by atoms with E-state index < -0.39 is 0 Å². The van der Waals surface area contributed by atoms with Crippen molar-refractivity contribution in [3.05, 3.63) is 53.9 Å². The number of rotatable bonds is 5. The van der Waals surface area contributed by atoms with Gasteiger partial charge in [0.25, 0.3) is 5.91 Å². The van der Waals surface area contributed by atoms with Crippen molar-refractivity contribution in [1.29, 1.82) is 0 Å². The van der Waals surface area contributed by atoms with Gasteiger partial charge in [-0.1, -0.05) is 12.1 Å². The summed E-state index contributed by atoms with van der Waals surface area (Å²) in [4.78, 5) is 12.6. The number of benzene rings is 1. The molecule has 134 valence electrons. The first kappa shape index (κ1) is 16.4. The summed E-state index contributed by atoms with van der Waals surface area (Å²) >= 11 is 0. The lowest BCUT2D eigenvalue weighted by Gasteiger charge is -2.16. The molecular formula is C20H21N3O3. The molecule has 4 rings (SSSR count). The van der Waals surface area contributed by atoms with Crippen LogP contribution < -0.4 is 10.1 Å². The standard InChI is InChI=1S/C20H21N3O3/c1-13-10-11-19(25-13)16-12-17(23-22-16)20(24)21-15-8-4-5-9-18(15)26-14-6-2-3-7-14/h4-5,8-12,14H,2-3,6-7H2,1H3,(H,21,24)(H,22,23). The van der Waals surface area contributed by atoms with Crippen LogP contribution in [0.5, 0.6) is 5.75 Å². The molecule has 6 nitrogen and oxygen atoms in total. The molecule has 6 heteroatoms. The molecule has 0 saturated heterocycles. The third kappa shape index (κ3) is 3.49. The number of ether oxygens (including phenoxy) is 1.